The van der Waals surface area contributed by atoms with Gasteiger partial charge in [0.1, 0.15) is 5.75 Å². The molecule has 0 saturated carbocycles. The summed E-state index contributed by atoms with van der Waals surface area (Å²) in [5.74, 6) is -1.22. The summed E-state index contributed by atoms with van der Waals surface area (Å²) in [5.41, 5.74) is 3.28. The van der Waals surface area contributed by atoms with Crippen LogP contribution in [-0.4, -0.2) is 20.1 Å². The van der Waals surface area contributed by atoms with Crippen LogP contribution >= 0.6 is 15.9 Å². The van der Waals surface area contributed by atoms with E-state index in [0.29, 0.717) is 11.3 Å². The summed E-state index contributed by atoms with van der Waals surface area (Å²) >= 11 is 3.30. The molecule has 1 N–H and O–H groups in total. The van der Waals surface area contributed by atoms with E-state index in [1.807, 2.05) is 32.0 Å². The van der Waals surface area contributed by atoms with Gasteiger partial charge in [-0.1, -0.05) is 45.8 Å². The Morgan fingerprint density at radius 2 is 1.87 bits per heavy atom. The van der Waals surface area contributed by atoms with Crippen LogP contribution in [0.5, 0.6) is 0 Å². The van der Waals surface area contributed by atoms with Crippen molar-refractivity contribution in [1.82, 2.24) is 0 Å². The van der Waals surface area contributed by atoms with Gasteiger partial charge in [0.2, 0.25) is 5.91 Å². The van der Waals surface area contributed by atoms with Gasteiger partial charge in [0.05, 0.1) is 5.75 Å². The van der Waals surface area contributed by atoms with Gasteiger partial charge in [-0.15, -0.1) is 0 Å². The minimum atomic E-state index is -3.52. The second kappa shape index (κ2) is 7.27. The van der Waals surface area contributed by atoms with Crippen molar-refractivity contribution in [3.63, 3.8) is 0 Å². The quantitative estimate of drug-likeness (QED) is 0.840. The van der Waals surface area contributed by atoms with Crippen LogP contribution in [0.2, 0.25) is 0 Å². The molecule has 23 heavy (non-hydrogen) atoms. The molecule has 0 unspecified atom stereocenters. The van der Waals surface area contributed by atoms with Crippen molar-refractivity contribution in [2.75, 3.05) is 11.1 Å². The molecule has 0 saturated heterocycles. The highest BCUT2D eigenvalue weighted by Crippen LogP contribution is 2.17. The van der Waals surface area contributed by atoms with E-state index in [0.717, 1.165) is 15.6 Å². The Labute approximate surface area is 145 Å². The molecule has 0 fully saturated rings. The number of anilines is 1. The van der Waals surface area contributed by atoms with Gasteiger partial charge in [0.25, 0.3) is 0 Å². The Morgan fingerprint density at radius 3 is 2.52 bits per heavy atom. The third-order valence-electron chi connectivity index (χ3n) is 3.28. The zero-order valence-electron chi connectivity index (χ0n) is 13.0. The van der Waals surface area contributed by atoms with Crippen molar-refractivity contribution >= 4 is 37.4 Å². The van der Waals surface area contributed by atoms with Crippen molar-refractivity contribution in [1.29, 1.82) is 0 Å². The molecule has 0 aromatic heterocycles. The number of amides is 1. The summed E-state index contributed by atoms with van der Waals surface area (Å²) in [5, 5.41) is 2.66. The summed E-state index contributed by atoms with van der Waals surface area (Å²) in [6, 6.07) is 12.6. The molecule has 0 spiro atoms. The fourth-order valence-corrected chi connectivity index (χ4v) is 3.98. The average Bonchev–Trinajstić information content (AvgIpc) is 2.40. The van der Waals surface area contributed by atoms with Gasteiger partial charge in [-0.05, 0) is 43.2 Å². The highest BCUT2D eigenvalue weighted by Gasteiger charge is 2.18. The molecule has 6 heteroatoms. The van der Waals surface area contributed by atoms with E-state index in [4.69, 9.17) is 0 Å². The lowest BCUT2D eigenvalue weighted by atomic mass is 10.1. The summed E-state index contributed by atoms with van der Waals surface area (Å²) < 4.78 is 25.2. The number of rotatable bonds is 5. The van der Waals surface area contributed by atoms with E-state index in [2.05, 4.69) is 21.2 Å². The number of hydrogen-bond acceptors (Lipinski definition) is 3. The van der Waals surface area contributed by atoms with Gasteiger partial charge in [-0.3, -0.25) is 4.79 Å². The topological polar surface area (TPSA) is 63.2 Å². The largest absolute Gasteiger partial charge is 0.325 e. The van der Waals surface area contributed by atoms with Crippen LogP contribution in [0.3, 0.4) is 0 Å². The van der Waals surface area contributed by atoms with Crippen LogP contribution < -0.4 is 5.32 Å². The Balaban J connectivity index is 2.03. The van der Waals surface area contributed by atoms with E-state index in [9.17, 15) is 13.2 Å². The predicted octanol–water partition coefficient (Wildman–Crippen LogP) is 3.62. The number of nitrogens with one attached hydrogen (secondary N) is 1. The molecule has 2 rings (SSSR count). The van der Waals surface area contributed by atoms with Crippen molar-refractivity contribution in [2.45, 2.75) is 19.6 Å². The first-order chi connectivity index (χ1) is 10.7. The first kappa shape index (κ1) is 17.7. The van der Waals surface area contributed by atoms with Crippen LogP contribution in [0.15, 0.2) is 46.9 Å². The molecule has 0 aliphatic carbocycles. The van der Waals surface area contributed by atoms with Crippen molar-refractivity contribution in [2.24, 2.45) is 0 Å². The molecule has 0 aliphatic rings. The van der Waals surface area contributed by atoms with Crippen LogP contribution in [0, 0.1) is 13.8 Å². The van der Waals surface area contributed by atoms with Gasteiger partial charge in [-0.2, -0.15) is 0 Å². The van der Waals surface area contributed by atoms with E-state index in [1.54, 1.807) is 24.3 Å². The Bertz CT molecular complexity index is 831. The Kier molecular flexibility index (Phi) is 5.59. The van der Waals surface area contributed by atoms with Crippen LogP contribution in [0.25, 0.3) is 0 Å². The molecule has 1 amide bonds. The lowest BCUT2D eigenvalue weighted by molar-refractivity contribution is -0.113. The monoisotopic (exact) mass is 395 g/mol. The van der Waals surface area contributed by atoms with Crippen LogP contribution in [0.1, 0.15) is 16.7 Å². The second-order valence-electron chi connectivity index (χ2n) is 5.53. The SMILES string of the molecule is Cc1ccc(NC(=O)CS(=O)(=O)Cc2cccc(Br)c2)c(C)c1. The fraction of sp³-hybridized carbons (Fsp3) is 0.235. The number of halogens is 1. The summed E-state index contributed by atoms with van der Waals surface area (Å²) in [6.45, 7) is 3.83. The Hall–Kier alpha value is -1.66. The molecular formula is C17H18BrNO3S. The van der Waals surface area contributed by atoms with Gasteiger partial charge in [-0.25, -0.2) is 8.42 Å². The first-order valence-corrected chi connectivity index (χ1v) is 9.68. The molecule has 0 bridgehead atoms. The minimum absolute atomic E-state index is 0.160. The molecule has 4 nitrogen and oxygen atoms in total. The first-order valence-electron chi connectivity index (χ1n) is 7.07. The molecule has 0 aliphatic heterocycles. The lowest BCUT2D eigenvalue weighted by Crippen LogP contribution is -2.24. The van der Waals surface area contributed by atoms with Crippen LogP contribution in [0.4, 0.5) is 5.69 Å². The maximum atomic E-state index is 12.2. The van der Waals surface area contributed by atoms with Crippen LogP contribution in [-0.2, 0) is 20.4 Å². The fourth-order valence-electron chi connectivity index (χ4n) is 2.27. The molecule has 0 atom stereocenters. The number of carbonyl (C=O) groups is 1. The zero-order valence-corrected chi connectivity index (χ0v) is 15.4. The second-order valence-corrected chi connectivity index (χ2v) is 8.51. The standard InChI is InChI=1S/C17H18BrNO3S/c1-12-6-7-16(13(2)8-12)19-17(20)11-23(21,22)10-14-4-3-5-15(18)9-14/h3-9H,10-11H2,1-2H3,(H,19,20). The highest BCUT2D eigenvalue weighted by atomic mass is 79.9. The maximum Gasteiger partial charge on any atom is 0.239 e. The van der Waals surface area contributed by atoms with E-state index in [1.165, 1.54) is 0 Å². The van der Waals surface area contributed by atoms with Crippen molar-refractivity contribution < 1.29 is 13.2 Å². The zero-order chi connectivity index (χ0) is 17.0. The van der Waals surface area contributed by atoms with E-state index < -0.39 is 21.5 Å². The lowest BCUT2D eigenvalue weighted by Gasteiger charge is -2.10. The number of sulfone groups is 1. The third-order valence-corrected chi connectivity index (χ3v) is 5.25. The van der Waals surface area contributed by atoms with Gasteiger partial charge < -0.3 is 5.32 Å². The maximum absolute atomic E-state index is 12.2. The minimum Gasteiger partial charge on any atom is -0.325 e. The van der Waals surface area contributed by atoms with Crippen molar-refractivity contribution in [3.05, 3.63) is 63.6 Å². The number of hydrogen-bond donors (Lipinski definition) is 1. The smallest absolute Gasteiger partial charge is 0.239 e. The number of carbonyl (C=O) groups excluding carboxylic acids is 1. The molecule has 2 aromatic rings. The van der Waals surface area contributed by atoms with Gasteiger partial charge >= 0.3 is 0 Å². The van der Waals surface area contributed by atoms with E-state index >= 15 is 0 Å². The molecule has 0 heterocycles. The highest BCUT2D eigenvalue weighted by molar-refractivity contribution is 9.10. The molecular weight excluding hydrogens is 378 g/mol. The third kappa shape index (κ3) is 5.48. The summed E-state index contributed by atoms with van der Waals surface area (Å²) in [4.78, 5) is 12.0. The molecule has 122 valence electrons. The van der Waals surface area contributed by atoms with Crippen molar-refractivity contribution in [3.8, 4) is 0 Å². The summed E-state index contributed by atoms with van der Waals surface area (Å²) in [7, 11) is -3.52. The number of aryl methyl sites for hydroxylation is 2. The molecule has 0 radical (unpaired) electrons. The van der Waals surface area contributed by atoms with Gasteiger partial charge in [0.15, 0.2) is 9.84 Å². The Morgan fingerprint density at radius 1 is 1.13 bits per heavy atom. The van der Waals surface area contributed by atoms with Gasteiger partial charge in [0, 0.05) is 10.2 Å². The summed E-state index contributed by atoms with van der Waals surface area (Å²) in [6.07, 6.45) is 0. The van der Waals surface area contributed by atoms with E-state index in [-0.39, 0.29) is 5.75 Å². The normalized spacial score (nSPS) is 11.3. The average molecular weight is 396 g/mol. The number of benzene rings is 2. The molecule has 2 aromatic carbocycles. The predicted molar refractivity (Wildman–Crippen MR) is 96.2 cm³/mol.